The lowest BCUT2D eigenvalue weighted by atomic mass is 9.86. The van der Waals surface area contributed by atoms with E-state index in [0.29, 0.717) is 0 Å². The van der Waals surface area contributed by atoms with Crippen LogP contribution in [0.3, 0.4) is 0 Å². The normalized spacial score (nSPS) is 18.7. The van der Waals surface area contributed by atoms with Crippen LogP contribution < -0.4 is 13.9 Å². The number of imidazole rings is 1. The Balaban J connectivity index is 1.67. The van der Waals surface area contributed by atoms with Crippen molar-refractivity contribution in [3.63, 3.8) is 0 Å². The number of rotatable bonds is 0. The minimum absolute atomic E-state index is 0.503. The lowest BCUT2D eigenvalue weighted by Crippen LogP contribution is -2.71. The monoisotopic (exact) mass is 398 g/mol. The molecule has 0 saturated heterocycles. The highest BCUT2D eigenvalue weighted by Gasteiger charge is 2.70. The first-order valence-electron chi connectivity index (χ1n) is 10.5. The molecular formula is C26H14N4O+2. The van der Waals surface area contributed by atoms with E-state index in [4.69, 9.17) is 9.72 Å². The fourth-order valence-electron chi connectivity index (χ4n) is 6.33. The van der Waals surface area contributed by atoms with Crippen molar-refractivity contribution in [2.24, 2.45) is 0 Å². The third-order valence-corrected chi connectivity index (χ3v) is 7.29. The first-order chi connectivity index (χ1) is 15.4. The molecule has 0 bridgehead atoms. The van der Waals surface area contributed by atoms with E-state index < -0.39 is 5.66 Å². The lowest BCUT2D eigenvalue weighted by Gasteiger charge is -2.25. The van der Waals surface area contributed by atoms with Gasteiger partial charge in [0.2, 0.25) is 11.2 Å². The minimum atomic E-state index is -0.503. The van der Waals surface area contributed by atoms with Gasteiger partial charge >= 0.3 is 5.66 Å². The van der Waals surface area contributed by atoms with Gasteiger partial charge < -0.3 is 4.74 Å². The van der Waals surface area contributed by atoms with Gasteiger partial charge in [-0.05, 0) is 36.4 Å². The highest BCUT2D eigenvalue weighted by molar-refractivity contribution is 6.13. The molecule has 7 heterocycles. The summed E-state index contributed by atoms with van der Waals surface area (Å²) in [7, 11) is 0. The molecule has 0 aliphatic carbocycles. The molecule has 9 rings (SSSR count). The van der Waals surface area contributed by atoms with E-state index in [9.17, 15) is 0 Å². The SMILES string of the molecule is c1cc2c3c(c1)-c1cccc[n+]1C31c3c(ccc4c3c3c(ccc[n+]31)n1ccnc41)O2. The number of hydrogen-bond donors (Lipinski definition) is 0. The van der Waals surface area contributed by atoms with Crippen LogP contribution in [0.4, 0.5) is 0 Å². The highest BCUT2D eigenvalue weighted by atomic mass is 16.5. The van der Waals surface area contributed by atoms with Gasteiger partial charge in [-0.2, -0.15) is 0 Å². The largest absolute Gasteiger partial charge is 0.456 e. The fraction of sp³-hybridized carbons (Fsp3) is 0.0385. The maximum atomic E-state index is 6.55. The molecule has 3 aliphatic heterocycles. The van der Waals surface area contributed by atoms with Crippen LogP contribution in [-0.2, 0) is 5.66 Å². The van der Waals surface area contributed by atoms with Crippen LogP contribution in [0.2, 0.25) is 0 Å². The number of benzene rings is 2. The maximum absolute atomic E-state index is 6.55. The van der Waals surface area contributed by atoms with Crippen LogP contribution in [-0.4, -0.2) is 9.38 Å². The van der Waals surface area contributed by atoms with Gasteiger partial charge in [0.1, 0.15) is 22.7 Å². The van der Waals surface area contributed by atoms with E-state index in [2.05, 4.69) is 92.8 Å². The van der Waals surface area contributed by atoms with Crippen LogP contribution in [0.25, 0.3) is 38.7 Å². The van der Waals surface area contributed by atoms with Gasteiger partial charge in [-0.15, -0.1) is 9.13 Å². The van der Waals surface area contributed by atoms with Gasteiger partial charge in [-0.25, -0.2) is 4.98 Å². The van der Waals surface area contributed by atoms with E-state index in [1.54, 1.807) is 0 Å². The van der Waals surface area contributed by atoms with Crippen molar-refractivity contribution >= 4 is 27.5 Å². The minimum Gasteiger partial charge on any atom is -0.456 e. The molecule has 0 fully saturated rings. The summed E-state index contributed by atoms with van der Waals surface area (Å²) in [5.41, 5.74) is 7.71. The van der Waals surface area contributed by atoms with Crippen molar-refractivity contribution in [2.75, 3.05) is 0 Å². The molecule has 0 saturated carbocycles. The number of fused-ring (bicyclic) bond motifs is 5. The summed E-state index contributed by atoms with van der Waals surface area (Å²) in [4.78, 5) is 4.72. The molecule has 142 valence electrons. The molecule has 0 radical (unpaired) electrons. The standard InChI is InChI=1S/C26H14N4O/c1-2-12-29-17(6-1)15-5-3-8-19-22(15)26(29)23-20(31-19)10-9-16-21(23)24-18(7-4-13-30(24)26)28-14-11-27-25(16)28/h1-14H/q+2. The average molecular weight is 398 g/mol. The van der Waals surface area contributed by atoms with Gasteiger partial charge in [0.25, 0.3) is 0 Å². The zero-order valence-corrected chi connectivity index (χ0v) is 16.3. The van der Waals surface area contributed by atoms with E-state index in [-0.39, 0.29) is 0 Å². The topological polar surface area (TPSA) is 34.3 Å². The number of nitrogens with zero attached hydrogens (tertiary/aromatic N) is 4. The second kappa shape index (κ2) is 4.42. The average Bonchev–Trinajstić information content (AvgIpc) is 3.50. The first kappa shape index (κ1) is 14.7. The smallest absolute Gasteiger partial charge is 0.425 e. The van der Waals surface area contributed by atoms with E-state index in [1.807, 2.05) is 6.20 Å². The molecule has 0 amide bonds. The van der Waals surface area contributed by atoms with Crippen molar-refractivity contribution in [3.8, 4) is 22.8 Å². The van der Waals surface area contributed by atoms with Crippen molar-refractivity contribution in [1.29, 1.82) is 0 Å². The van der Waals surface area contributed by atoms with Crippen molar-refractivity contribution in [1.82, 2.24) is 9.38 Å². The molecule has 5 heteroatoms. The van der Waals surface area contributed by atoms with Crippen LogP contribution in [0.15, 0.2) is 85.5 Å². The Bertz CT molecular complexity index is 1830. The quantitative estimate of drug-likeness (QED) is 0.287. The van der Waals surface area contributed by atoms with Crippen molar-refractivity contribution in [2.45, 2.75) is 5.66 Å². The Morgan fingerprint density at radius 1 is 0.839 bits per heavy atom. The van der Waals surface area contributed by atoms with Crippen LogP contribution >= 0.6 is 0 Å². The highest BCUT2D eigenvalue weighted by Crippen LogP contribution is 2.56. The molecule has 1 atom stereocenters. The van der Waals surface area contributed by atoms with Gasteiger partial charge in [-0.1, -0.05) is 6.07 Å². The summed E-state index contributed by atoms with van der Waals surface area (Å²) in [5, 5.41) is 2.39. The van der Waals surface area contributed by atoms with Crippen LogP contribution in [0.5, 0.6) is 11.5 Å². The third kappa shape index (κ3) is 1.30. The number of ether oxygens (including phenoxy) is 1. The second-order valence-corrected chi connectivity index (χ2v) is 8.50. The van der Waals surface area contributed by atoms with Crippen molar-refractivity contribution < 1.29 is 13.9 Å². The lowest BCUT2D eigenvalue weighted by molar-refractivity contribution is -0.950. The summed E-state index contributed by atoms with van der Waals surface area (Å²) in [5.74, 6) is 1.84. The van der Waals surface area contributed by atoms with E-state index in [1.165, 1.54) is 33.3 Å². The molecule has 31 heavy (non-hydrogen) atoms. The maximum Gasteiger partial charge on any atom is 0.425 e. The summed E-state index contributed by atoms with van der Waals surface area (Å²) < 4.78 is 13.6. The summed E-state index contributed by atoms with van der Waals surface area (Å²) in [6, 6.07) is 21.4. The van der Waals surface area contributed by atoms with E-state index in [0.717, 1.165) is 28.0 Å². The fourth-order valence-corrected chi connectivity index (χ4v) is 6.33. The molecule has 1 unspecified atom stereocenters. The molecule has 3 aliphatic rings. The predicted octanol–water partition coefficient (Wildman–Crippen LogP) is 3.91. The van der Waals surface area contributed by atoms with Crippen LogP contribution in [0.1, 0.15) is 11.1 Å². The molecule has 2 aromatic carbocycles. The zero-order chi connectivity index (χ0) is 19.9. The number of hydrogen-bond acceptors (Lipinski definition) is 2. The molecule has 6 aromatic rings. The number of pyridine rings is 3. The first-order valence-corrected chi connectivity index (χ1v) is 10.5. The van der Waals surface area contributed by atoms with Gasteiger partial charge in [0, 0.05) is 36.0 Å². The predicted molar refractivity (Wildman–Crippen MR) is 114 cm³/mol. The van der Waals surface area contributed by atoms with Crippen molar-refractivity contribution in [3.05, 3.63) is 96.6 Å². The summed E-state index contributed by atoms with van der Waals surface area (Å²) in [6.45, 7) is 0. The van der Waals surface area contributed by atoms with Gasteiger partial charge in [-0.3, -0.25) is 4.40 Å². The molecule has 1 spiro atoms. The molecular weight excluding hydrogens is 384 g/mol. The summed E-state index contributed by atoms with van der Waals surface area (Å²) >= 11 is 0. The Morgan fingerprint density at radius 2 is 1.77 bits per heavy atom. The molecule has 0 N–H and O–H groups in total. The Morgan fingerprint density at radius 3 is 2.77 bits per heavy atom. The Labute approximate surface area is 176 Å². The molecule has 4 aromatic heterocycles. The molecule has 5 nitrogen and oxygen atoms in total. The summed E-state index contributed by atoms with van der Waals surface area (Å²) in [6.07, 6.45) is 8.36. The van der Waals surface area contributed by atoms with E-state index >= 15 is 0 Å². The second-order valence-electron chi connectivity index (χ2n) is 8.50. The third-order valence-electron chi connectivity index (χ3n) is 7.29. The Kier molecular flexibility index (Phi) is 2.09. The van der Waals surface area contributed by atoms with Gasteiger partial charge in [0.15, 0.2) is 23.5 Å². The number of aromatic nitrogens is 4. The zero-order valence-electron chi connectivity index (χ0n) is 16.3. The van der Waals surface area contributed by atoms with Gasteiger partial charge in [0.05, 0.1) is 10.9 Å². The Hall–Kier alpha value is -4.25. The van der Waals surface area contributed by atoms with Crippen LogP contribution in [0, 0.1) is 0 Å².